The van der Waals surface area contributed by atoms with E-state index in [0.29, 0.717) is 16.4 Å². The fraction of sp³-hybridized carbons (Fsp3) is 1.00. The molecule has 82 valence electrons. The molecule has 0 aromatic heterocycles. The Kier molecular flexibility index (Phi) is 1.91. The molecular weight excluding hydrogens is 170 g/mol. The summed E-state index contributed by atoms with van der Waals surface area (Å²) in [5.41, 5.74) is 1.40. The minimum absolute atomic E-state index is 0.378. The van der Waals surface area contributed by atoms with Gasteiger partial charge in [0, 0.05) is 5.54 Å². The van der Waals surface area contributed by atoms with Gasteiger partial charge in [-0.2, -0.15) is 0 Å². The molecule has 0 saturated heterocycles. The second-order valence-corrected chi connectivity index (χ2v) is 6.69. The van der Waals surface area contributed by atoms with E-state index in [9.17, 15) is 0 Å². The predicted molar refractivity (Wildman–Crippen MR) is 61.3 cm³/mol. The maximum Gasteiger partial charge on any atom is 0.0282 e. The molecule has 0 amide bonds. The zero-order valence-corrected chi connectivity index (χ0v) is 10.6. The summed E-state index contributed by atoms with van der Waals surface area (Å²) in [5, 5.41) is 0. The van der Waals surface area contributed by atoms with Crippen LogP contribution in [0.15, 0.2) is 0 Å². The fourth-order valence-electron chi connectivity index (χ4n) is 4.59. The predicted octanol–water partition coefficient (Wildman–Crippen LogP) is 3.15. The highest BCUT2D eigenvalue weighted by Gasteiger charge is 2.67. The van der Waals surface area contributed by atoms with Crippen LogP contribution >= 0.6 is 0 Å². The third-order valence-corrected chi connectivity index (χ3v) is 6.09. The monoisotopic (exact) mass is 195 g/mol. The van der Waals surface area contributed by atoms with Crippen LogP contribution in [0.25, 0.3) is 0 Å². The smallest absolute Gasteiger partial charge is 0.0282 e. The summed E-state index contributed by atoms with van der Waals surface area (Å²) in [7, 11) is 4.52. The number of hydrogen-bond acceptors (Lipinski definition) is 1. The topological polar surface area (TPSA) is 3.24 Å². The summed E-state index contributed by atoms with van der Waals surface area (Å²) in [5.74, 6) is 0.944. The van der Waals surface area contributed by atoms with E-state index in [4.69, 9.17) is 0 Å². The van der Waals surface area contributed by atoms with Crippen molar-refractivity contribution in [3.8, 4) is 0 Å². The van der Waals surface area contributed by atoms with Crippen LogP contribution in [0.5, 0.6) is 0 Å². The first-order valence-corrected chi connectivity index (χ1v) is 5.93. The van der Waals surface area contributed by atoms with Gasteiger partial charge in [-0.1, -0.05) is 20.8 Å². The summed E-state index contributed by atoms with van der Waals surface area (Å²) in [6, 6.07) is 0. The minimum Gasteiger partial charge on any atom is -0.303 e. The fourth-order valence-corrected chi connectivity index (χ4v) is 4.59. The lowest BCUT2D eigenvalue weighted by Gasteiger charge is -2.56. The third kappa shape index (κ3) is 0.856. The van der Waals surface area contributed by atoms with Gasteiger partial charge in [-0.3, -0.25) is 0 Å². The van der Waals surface area contributed by atoms with E-state index in [1.165, 1.54) is 19.3 Å². The van der Waals surface area contributed by atoms with E-state index in [2.05, 4.69) is 46.7 Å². The van der Waals surface area contributed by atoms with E-state index in [1.807, 2.05) is 0 Å². The van der Waals surface area contributed by atoms with Crippen LogP contribution in [0.4, 0.5) is 0 Å². The lowest BCUT2D eigenvalue weighted by Crippen LogP contribution is -2.60. The van der Waals surface area contributed by atoms with Gasteiger partial charge in [0.15, 0.2) is 0 Å². The molecule has 2 fully saturated rings. The molecule has 1 nitrogen and oxygen atoms in total. The molecule has 3 unspecified atom stereocenters. The van der Waals surface area contributed by atoms with Gasteiger partial charge in [0.1, 0.15) is 0 Å². The Bertz CT molecular complexity index is 249. The molecule has 2 aliphatic carbocycles. The lowest BCUT2D eigenvalue weighted by molar-refractivity contribution is -0.0565. The number of nitrogens with zero attached hydrogens (tertiary/aromatic N) is 1. The lowest BCUT2D eigenvalue weighted by atomic mass is 9.58. The summed E-state index contributed by atoms with van der Waals surface area (Å²) in [6.45, 7) is 9.93. The van der Waals surface area contributed by atoms with E-state index < -0.39 is 0 Å². The number of fused-ring (bicyclic) bond motifs is 2. The quantitative estimate of drug-likeness (QED) is 0.621. The molecule has 0 aromatic rings. The second kappa shape index (κ2) is 2.55. The van der Waals surface area contributed by atoms with Gasteiger partial charge in [0.25, 0.3) is 0 Å². The summed E-state index contributed by atoms with van der Waals surface area (Å²) in [6.07, 6.45) is 4.32. The van der Waals surface area contributed by atoms with Crippen molar-refractivity contribution in [2.24, 2.45) is 16.7 Å². The van der Waals surface area contributed by atoms with Crippen molar-refractivity contribution in [3.05, 3.63) is 0 Å². The molecule has 3 atom stereocenters. The third-order valence-electron chi connectivity index (χ3n) is 6.09. The molecule has 0 heterocycles. The molecule has 1 heteroatoms. The Labute approximate surface area is 88.9 Å². The molecule has 2 aliphatic rings. The first-order chi connectivity index (χ1) is 6.26. The normalized spacial score (nSPS) is 50.4. The second-order valence-electron chi connectivity index (χ2n) is 6.69. The largest absolute Gasteiger partial charge is 0.303 e. The van der Waals surface area contributed by atoms with Crippen LogP contribution in [0, 0.1) is 16.7 Å². The zero-order chi connectivity index (χ0) is 10.8. The molecule has 2 bridgehead atoms. The van der Waals surface area contributed by atoms with E-state index in [1.54, 1.807) is 0 Å². The first kappa shape index (κ1) is 10.5. The summed E-state index contributed by atoms with van der Waals surface area (Å²) < 4.78 is 0. The van der Waals surface area contributed by atoms with Crippen molar-refractivity contribution in [3.63, 3.8) is 0 Å². The Morgan fingerprint density at radius 1 is 1.07 bits per heavy atom. The van der Waals surface area contributed by atoms with Crippen LogP contribution < -0.4 is 0 Å². The Hall–Kier alpha value is -0.0400. The van der Waals surface area contributed by atoms with Crippen LogP contribution in [0.3, 0.4) is 0 Å². The number of rotatable bonds is 1. The van der Waals surface area contributed by atoms with Gasteiger partial charge in [0.05, 0.1) is 0 Å². The average molecular weight is 195 g/mol. The van der Waals surface area contributed by atoms with Gasteiger partial charge in [0.2, 0.25) is 0 Å². The molecular formula is C13H25N. The zero-order valence-electron chi connectivity index (χ0n) is 10.6. The van der Waals surface area contributed by atoms with Crippen LogP contribution in [0.1, 0.15) is 47.0 Å². The first-order valence-electron chi connectivity index (χ1n) is 5.93. The van der Waals surface area contributed by atoms with Crippen molar-refractivity contribution in [2.75, 3.05) is 14.1 Å². The molecule has 0 spiro atoms. The highest BCUT2D eigenvalue weighted by atomic mass is 15.2. The van der Waals surface area contributed by atoms with E-state index in [0.717, 1.165) is 5.92 Å². The Morgan fingerprint density at radius 2 is 1.64 bits per heavy atom. The van der Waals surface area contributed by atoms with Crippen molar-refractivity contribution in [1.82, 2.24) is 4.90 Å². The maximum atomic E-state index is 2.50. The molecule has 2 saturated carbocycles. The number of hydrogen-bond donors (Lipinski definition) is 0. The standard InChI is InChI=1S/C13H25N/c1-11(2)10-7-8-12(3,9-10)13(11,4)14(5)6/h10H,7-9H2,1-6H3. The minimum atomic E-state index is 0.378. The van der Waals surface area contributed by atoms with Crippen molar-refractivity contribution >= 4 is 0 Å². The molecule has 0 radical (unpaired) electrons. The summed E-state index contributed by atoms with van der Waals surface area (Å²) in [4.78, 5) is 2.48. The van der Waals surface area contributed by atoms with Gasteiger partial charge in [-0.25, -0.2) is 0 Å². The van der Waals surface area contributed by atoms with Crippen molar-refractivity contribution in [1.29, 1.82) is 0 Å². The van der Waals surface area contributed by atoms with Gasteiger partial charge in [-0.15, -0.1) is 0 Å². The van der Waals surface area contributed by atoms with Crippen LogP contribution in [0.2, 0.25) is 0 Å². The summed E-state index contributed by atoms with van der Waals surface area (Å²) >= 11 is 0. The Morgan fingerprint density at radius 3 is 1.93 bits per heavy atom. The Balaban J connectivity index is 2.49. The highest BCUT2D eigenvalue weighted by molar-refractivity contribution is 5.19. The van der Waals surface area contributed by atoms with Crippen molar-refractivity contribution < 1.29 is 0 Å². The van der Waals surface area contributed by atoms with Crippen LogP contribution in [-0.2, 0) is 0 Å². The molecule has 2 rings (SSSR count). The van der Waals surface area contributed by atoms with Gasteiger partial charge in [-0.05, 0) is 57.0 Å². The SMILES string of the molecule is CN(C)C1(C)C2(C)CCC(C2)C1(C)C. The van der Waals surface area contributed by atoms with Crippen LogP contribution in [-0.4, -0.2) is 24.5 Å². The molecule has 0 aromatic carbocycles. The van der Waals surface area contributed by atoms with Gasteiger partial charge < -0.3 is 4.90 Å². The molecule has 0 N–H and O–H groups in total. The average Bonchev–Trinajstić information content (AvgIpc) is 2.51. The van der Waals surface area contributed by atoms with E-state index in [-0.39, 0.29) is 0 Å². The molecule has 14 heavy (non-hydrogen) atoms. The maximum absolute atomic E-state index is 2.50. The molecule has 0 aliphatic heterocycles. The van der Waals surface area contributed by atoms with Crippen molar-refractivity contribution in [2.45, 2.75) is 52.5 Å². The van der Waals surface area contributed by atoms with Gasteiger partial charge >= 0.3 is 0 Å². The highest BCUT2D eigenvalue weighted by Crippen LogP contribution is 2.69. The van der Waals surface area contributed by atoms with E-state index >= 15 is 0 Å².